The normalized spacial score (nSPS) is 17.5. The molecule has 1 fully saturated rings. The van der Waals surface area contributed by atoms with E-state index in [1.54, 1.807) is 0 Å². The third-order valence-corrected chi connectivity index (χ3v) is 4.30. The highest BCUT2D eigenvalue weighted by Crippen LogP contribution is 2.28. The molecule has 0 saturated carbocycles. The third-order valence-electron chi connectivity index (χ3n) is 4.30. The van der Waals surface area contributed by atoms with Crippen molar-refractivity contribution < 1.29 is 9.59 Å². The SMILES string of the molecule is Cc1cc(C)cc(N[C@H]2CC(=O)N(c3ccc(C)cc3C)C2=O)c1. The van der Waals surface area contributed by atoms with Crippen molar-refractivity contribution in [3.8, 4) is 0 Å². The molecule has 0 aliphatic carbocycles. The lowest BCUT2D eigenvalue weighted by atomic mass is 10.1. The van der Waals surface area contributed by atoms with E-state index in [2.05, 4.69) is 11.4 Å². The molecule has 2 amide bonds. The first kappa shape index (κ1) is 16.2. The molecule has 0 unspecified atom stereocenters. The van der Waals surface area contributed by atoms with Gasteiger partial charge in [0, 0.05) is 5.69 Å². The summed E-state index contributed by atoms with van der Waals surface area (Å²) in [5.74, 6) is -0.347. The van der Waals surface area contributed by atoms with E-state index in [1.165, 1.54) is 4.90 Å². The topological polar surface area (TPSA) is 49.4 Å². The number of anilines is 2. The molecule has 1 atom stereocenters. The average molecular weight is 322 g/mol. The molecule has 2 aromatic rings. The monoisotopic (exact) mass is 322 g/mol. The number of nitrogens with one attached hydrogen (secondary N) is 1. The van der Waals surface area contributed by atoms with Gasteiger partial charge < -0.3 is 5.32 Å². The fourth-order valence-electron chi connectivity index (χ4n) is 3.31. The Balaban J connectivity index is 1.86. The van der Waals surface area contributed by atoms with E-state index in [0.29, 0.717) is 5.69 Å². The Morgan fingerprint density at radius 1 is 0.917 bits per heavy atom. The van der Waals surface area contributed by atoms with Crippen LogP contribution in [0, 0.1) is 27.7 Å². The zero-order chi connectivity index (χ0) is 17.4. The summed E-state index contributed by atoms with van der Waals surface area (Å²) in [6, 6.07) is 11.3. The molecular formula is C20H22N2O2. The summed E-state index contributed by atoms with van der Waals surface area (Å²) in [6.45, 7) is 7.95. The number of carbonyl (C=O) groups is 2. The van der Waals surface area contributed by atoms with Crippen LogP contribution in [-0.4, -0.2) is 17.9 Å². The predicted molar refractivity (Wildman–Crippen MR) is 96.4 cm³/mol. The van der Waals surface area contributed by atoms with Crippen LogP contribution in [0.3, 0.4) is 0 Å². The Morgan fingerprint density at radius 2 is 1.58 bits per heavy atom. The zero-order valence-electron chi connectivity index (χ0n) is 14.5. The van der Waals surface area contributed by atoms with Gasteiger partial charge >= 0.3 is 0 Å². The highest BCUT2D eigenvalue weighted by molar-refractivity contribution is 6.23. The first-order valence-electron chi connectivity index (χ1n) is 8.14. The van der Waals surface area contributed by atoms with Crippen LogP contribution in [0.2, 0.25) is 0 Å². The van der Waals surface area contributed by atoms with Gasteiger partial charge in [-0.1, -0.05) is 23.8 Å². The fraction of sp³-hybridized carbons (Fsp3) is 0.300. The van der Waals surface area contributed by atoms with Crippen LogP contribution >= 0.6 is 0 Å². The molecule has 4 nitrogen and oxygen atoms in total. The van der Waals surface area contributed by atoms with Gasteiger partial charge in [0.1, 0.15) is 6.04 Å². The van der Waals surface area contributed by atoms with Crippen molar-refractivity contribution >= 4 is 23.2 Å². The Morgan fingerprint density at radius 3 is 2.21 bits per heavy atom. The van der Waals surface area contributed by atoms with Crippen molar-refractivity contribution in [1.29, 1.82) is 0 Å². The highest BCUT2D eigenvalue weighted by atomic mass is 16.2. The lowest BCUT2D eigenvalue weighted by molar-refractivity contribution is -0.121. The molecule has 24 heavy (non-hydrogen) atoms. The minimum absolute atomic E-state index is 0.158. The second kappa shape index (κ2) is 6.11. The summed E-state index contributed by atoms with van der Waals surface area (Å²) in [6.07, 6.45) is 0.180. The number of amides is 2. The van der Waals surface area contributed by atoms with E-state index in [4.69, 9.17) is 0 Å². The van der Waals surface area contributed by atoms with Crippen molar-refractivity contribution in [3.63, 3.8) is 0 Å². The molecule has 1 aliphatic heterocycles. The highest BCUT2D eigenvalue weighted by Gasteiger charge is 2.40. The van der Waals surface area contributed by atoms with Crippen molar-refractivity contribution in [2.75, 3.05) is 10.2 Å². The van der Waals surface area contributed by atoms with Gasteiger partial charge in [0.05, 0.1) is 12.1 Å². The average Bonchev–Trinajstić information content (AvgIpc) is 2.73. The first-order valence-corrected chi connectivity index (χ1v) is 8.14. The van der Waals surface area contributed by atoms with Gasteiger partial charge in [0.15, 0.2) is 0 Å². The standard InChI is InChI=1S/C20H22N2O2/c1-12-5-6-18(15(4)8-12)22-19(23)11-17(20(22)24)21-16-9-13(2)7-14(3)10-16/h5-10,17,21H,11H2,1-4H3/t17-/m0/s1. The first-order chi connectivity index (χ1) is 11.3. The molecule has 4 heteroatoms. The molecule has 2 aromatic carbocycles. The van der Waals surface area contributed by atoms with Crippen LogP contribution in [0.25, 0.3) is 0 Å². The maximum Gasteiger partial charge on any atom is 0.256 e. The Bertz CT molecular complexity index is 806. The summed E-state index contributed by atoms with van der Waals surface area (Å²) < 4.78 is 0. The Kier molecular flexibility index (Phi) is 4.14. The van der Waals surface area contributed by atoms with E-state index >= 15 is 0 Å². The number of imide groups is 1. The van der Waals surface area contributed by atoms with Gasteiger partial charge in [-0.2, -0.15) is 0 Å². The van der Waals surface area contributed by atoms with E-state index in [0.717, 1.165) is 27.9 Å². The zero-order valence-corrected chi connectivity index (χ0v) is 14.5. The Hall–Kier alpha value is -2.62. The molecule has 0 radical (unpaired) electrons. The molecular weight excluding hydrogens is 300 g/mol. The smallest absolute Gasteiger partial charge is 0.256 e. The number of nitrogens with zero attached hydrogens (tertiary/aromatic N) is 1. The molecule has 1 heterocycles. The number of hydrogen-bond donors (Lipinski definition) is 1. The van der Waals surface area contributed by atoms with Gasteiger partial charge in [-0.05, 0) is 62.6 Å². The van der Waals surface area contributed by atoms with Crippen molar-refractivity contribution in [3.05, 3.63) is 58.7 Å². The lowest BCUT2D eigenvalue weighted by Crippen LogP contribution is -2.35. The molecule has 1 N–H and O–H groups in total. The number of carbonyl (C=O) groups excluding carboxylic acids is 2. The molecule has 124 valence electrons. The van der Waals surface area contributed by atoms with Crippen molar-refractivity contribution in [2.45, 2.75) is 40.2 Å². The minimum atomic E-state index is -0.514. The lowest BCUT2D eigenvalue weighted by Gasteiger charge is -2.18. The molecule has 0 spiro atoms. The van der Waals surface area contributed by atoms with Crippen LogP contribution in [0.5, 0.6) is 0 Å². The van der Waals surface area contributed by atoms with E-state index in [9.17, 15) is 9.59 Å². The van der Waals surface area contributed by atoms with Crippen LogP contribution in [0.4, 0.5) is 11.4 Å². The summed E-state index contributed by atoms with van der Waals surface area (Å²) in [5, 5.41) is 3.22. The van der Waals surface area contributed by atoms with Crippen LogP contribution in [-0.2, 0) is 9.59 Å². The molecule has 1 aliphatic rings. The number of benzene rings is 2. The molecule has 3 rings (SSSR count). The largest absolute Gasteiger partial charge is 0.373 e. The van der Waals surface area contributed by atoms with Crippen LogP contribution in [0.15, 0.2) is 36.4 Å². The number of rotatable bonds is 3. The summed E-state index contributed by atoms with van der Waals surface area (Å²) >= 11 is 0. The van der Waals surface area contributed by atoms with Gasteiger partial charge in [0.2, 0.25) is 5.91 Å². The Labute approximate surface area is 142 Å². The van der Waals surface area contributed by atoms with E-state index in [-0.39, 0.29) is 18.2 Å². The molecule has 0 bridgehead atoms. The maximum atomic E-state index is 12.8. The predicted octanol–water partition coefficient (Wildman–Crippen LogP) is 3.66. The minimum Gasteiger partial charge on any atom is -0.373 e. The third kappa shape index (κ3) is 3.04. The van der Waals surface area contributed by atoms with Gasteiger partial charge in [0.25, 0.3) is 5.91 Å². The fourth-order valence-corrected chi connectivity index (χ4v) is 3.31. The molecule has 1 saturated heterocycles. The van der Waals surface area contributed by atoms with Gasteiger partial charge in [-0.25, -0.2) is 4.90 Å². The summed E-state index contributed by atoms with van der Waals surface area (Å²) in [7, 11) is 0. The van der Waals surface area contributed by atoms with Crippen LogP contribution < -0.4 is 10.2 Å². The second-order valence-corrected chi connectivity index (χ2v) is 6.63. The van der Waals surface area contributed by atoms with Gasteiger partial charge in [-0.3, -0.25) is 9.59 Å². The molecule has 0 aromatic heterocycles. The van der Waals surface area contributed by atoms with Gasteiger partial charge in [-0.15, -0.1) is 0 Å². The second-order valence-electron chi connectivity index (χ2n) is 6.63. The van der Waals surface area contributed by atoms with Crippen molar-refractivity contribution in [2.24, 2.45) is 0 Å². The summed E-state index contributed by atoms with van der Waals surface area (Å²) in [5.41, 5.74) is 5.85. The number of hydrogen-bond acceptors (Lipinski definition) is 3. The van der Waals surface area contributed by atoms with E-state index < -0.39 is 6.04 Å². The van der Waals surface area contributed by atoms with Crippen LogP contribution in [0.1, 0.15) is 28.7 Å². The maximum absolute atomic E-state index is 12.8. The van der Waals surface area contributed by atoms with E-state index in [1.807, 2.05) is 58.0 Å². The van der Waals surface area contributed by atoms with Crippen molar-refractivity contribution in [1.82, 2.24) is 0 Å². The summed E-state index contributed by atoms with van der Waals surface area (Å²) in [4.78, 5) is 26.5. The quantitative estimate of drug-likeness (QED) is 0.877. The number of aryl methyl sites for hydroxylation is 4.